The molecule has 0 saturated carbocycles. The lowest BCUT2D eigenvalue weighted by Crippen LogP contribution is -1.96. The molecular formula is C10H8BrClN2O2. The summed E-state index contributed by atoms with van der Waals surface area (Å²) >= 11 is 8.91. The third kappa shape index (κ3) is 2.74. The van der Waals surface area contributed by atoms with E-state index in [1.165, 1.54) is 0 Å². The van der Waals surface area contributed by atoms with Crippen molar-refractivity contribution >= 4 is 27.5 Å². The molecule has 1 heterocycles. The molecule has 0 fully saturated rings. The largest absolute Gasteiger partial charge is 0.483 e. The van der Waals surface area contributed by atoms with Crippen LogP contribution in [0.1, 0.15) is 11.8 Å². The molecule has 2 rings (SSSR count). The average molecular weight is 304 g/mol. The minimum Gasteiger partial charge on any atom is -0.483 e. The van der Waals surface area contributed by atoms with Crippen LogP contribution in [0.15, 0.2) is 33.2 Å². The highest BCUT2D eigenvalue weighted by Crippen LogP contribution is 2.24. The highest BCUT2D eigenvalue weighted by atomic mass is 79.9. The fraction of sp³-hybridized carbons (Fsp3) is 0.200. The maximum Gasteiger partial charge on any atom is 0.253 e. The van der Waals surface area contributed by atoms with E-state index in [9.17, 15) is 0 Å². The molecule has 16 heavy (non-hydrogen) atoms. The molecule has 0 N–H and O–H groups in total. The van der Waals surface area contributed by atoms with E-state index in [-0.39, 0.29) is 12.5 Å². The summed E-state index contributed by atoms with van der Waals surface area (Å²) in [7, 11) is 0. The lowest BCUT2D eigenvalue weighted by molar-refractivity contribution is 0.258. The van der Waals surface area contributed by atoms with Gasteiger partial charge in [-0.3, -0.25) is 0 Å². The van der Waals surface area contributed by atoms with Gasteiger partial charge >= 0.3 is 0 Å². The minimum absolute atomic E-state index is 0.210. The summed E-state index contributed by atoms with van der Waals surface area (Å²) in [5.41, 5.74) is 0. The Kier molecular flexibility index (Phi) is 3.79. The van der Waals surface area contributed by atoms with Gasteiger partial charge in [0.15, 0.2) is 6.61 Å². The number of alkyl halides is 1. The predicted molar refractivity (Wildman–Crippen MR) is 62.3 cm³/mol. The summed E-state index contributed by atoms with van der Waals surface area (Å²) in [4.78, 5) is 0. The molecule has 0 radical (unpaired) electrons. The molecule has 0 unspecified atom stereocenters. The van der Waals surface area contributed by atoms with Crippen molar-refractivity contribution in [3.8, 4) is 5.75 Å². The Labute approximate surface area is 106 Å². The van der Waals surface area contributed by atoms with Gasteiger partial charge in [0.1, 0.15) is 11.6 Å². The van der Waals surface area contributed by atoms with Crippen LogP contribution in [0, 0.1) is 0 Å². The van der Waals surface area contributed by atoms with E-state index in [2.05, 4.69) is 26.1 Å². The molecule has 0 aliphatic heterocycles. The number of para-hydroxylation sites is 1. The zero-order chi connectivity index (χ0) is 11.4. The zero-order valence-corrected chi connectivity index (χ0v) is 10.5. The molecular weight excluding hydrogens is 295 g/mol. The Morgan fingerprint density at radius 1 is 1.25 bits per heavy atom. The Morgan fingerprint density at radius 2 is 2.00 bits per heavy atom. The van der Waals surface area contributed by atoms with Gasteiger partial charge in [0.2, 0.25) is 5.89 Å². The number of hydrogen-bond donors (Lipinski definition) is 0. The Balaban J connectivity index is 1.99. The van der Waals surface area contributed by atoms with Crippen molar-refractivity contribution in [3.63, 3.8) is 0 Å². The molecule has 0 aliphatic carbocycles. The SMILES string of the molecule is ClCc1nnc(COc2ccccc2Br)o1. The zero-order valence-electron chi connectivity index (χ0n) is 8.19. The van der Waals surface area contributed by atoms with Gasteiger partial charge in [-0.15, -0.1) is 21.8 Å². The van der Waals surface area contributed by atoms with Crippen molar-refractivity contribution in [2.75, 3.05) is 0 Å². The Bertz CT molecular complexity index is 475. The second-order valence-electron chi connectivity index (χ2n) is 2.94. The third-order valence-corrected chi connectivity index (χ3v) is 2.69. The number of benzene rings is 1. The second-order valence-corrected chi connectivity index (χ2v) is 4.06. The summed E-state index contributed by atoms with van der Waals surface area (Å²) in [6.07, 6.45) is 0. The van der Waals surface area contributed by atoms with Crippen LogP contribution in [0.2, 0.25) is 0 Å². The van der Waals surface area contributed by atoms with Crippen molar-refractivity contribution < 1.29 is 9.15 Å². The average Bonchev–Trinajstić information content (AvgIpc) is 2.76. The van der Waals surface area contributed by atoms with Gasteiger partial charge in [0, 0.05) is 0 Å². The number of ether oxygens (including phenoxy) is 1. The number of rotatable bonds is 4. The number of halogens is 2. The number of aromatic nitrogens is 2. The van der Waals surface area contributed by atoms with Gasteiger partial charge in [0.05, 0.1) is 4.47 Å². The third-order valence-electron chi connectivity index (χ3n) is 1.81. The first kappa shape index (κ1) is 11.4. The first-order chi connectivity index (χ1) is 7.79. The second kappa shape index (κ2) is 5.32. The lowest BCUT2D eigenvalue weighted by Gasteiger charge is -2.04. The number of hydrogen-bond acceptors (Lipinski definition) is 4. The van der Waals surface area contributed by atoms with E-state index in [0.29, 0.717) is 11.8 Å². The molecule has 1 aromatic heterocycles. The van der Waals surface area contributed by atoms with Crippen LogP contribution >= 0.6 is 27.5 Å². The van der Waals surface area contributed by atoms with Crippen LogP contribution in [0.25, 0.3) is 0 Å². The maximum absolute atomic E-state index is 5.54. The summed E-state index contributed by atoms with van der Waals surface area (Å²) in [6.45, 7) is 0.229. The van der Waals surface area contributed by atoms with Gasteiger partial charge in [-0.05, 0) is 28.1 Å². The molecule has 2 aromatic rings. The first-order valence-corrected chi connectivity index (χ1v) is 5.87. The molecule has 84 valence electrons. The Morgan fingerprint density at radius 3 is 2.69 bits per heavy atom. The first-order valence-electron chi connectivity index (χ1n) is 4.54. The van der Waals surface area contributed by atoms with Crippen molar-refractivity contribution in [1.29, 1.82) is 0 Å². The molecule has 0 amide bonds. The topological polar surface area (TPSA) is 48.2 Å². The maximum atomic E-state index is 5.54. The number of nitrogens with zero attached hydrogens (tertiary/aromatic N) is 2. The predicted octanol–water partition coefficient (Wildman–Crippen LogP) is 3.15. The molecule has 0 saturated heterocycles. The smallest absolute Gasteiger partial charge is 0.253 e. The quantitative estimate of drug-likeness (QED) is 0.814. The van der Waals surface area contributed by atoms with Crippen molar-refractivity contribution in [2.24, 2.45) is 0 Å². The molecule has 0 bridgehead atoms. The van der Waals surface area contributed by atoms with Gasteiger partial charge in [-0.1, -0.05) is 12.1 Å². The van der Waals surface area contributed by atoms with E-state index < -0.39 is 0 Å². The fourth-order valence-corrected chi connectivity index (χ4v) is 1.61. The minimum atomic E-state index is 0.210. The molecule has 0 spiro atoms. The summed E-state index contributed by atoms with van der Waals surface area (Å²) < 4.78 is 11.6. The standard InChI is InChI=1S/C10H8BrClN2O2/c11-7-3-1-2-4-8(7)15-6-10-14-13-9(5-12)16-10/h1-4H,5-6H2. The van der Waals surface area contributed by atoms with Crippen molar-refractivity contribution in [2.45, 2.75) is 12.5 Å². The fourth-order valence-electron chi connectivity index (χ4n) is 1.10. The molecule has 1 aromatic carbocycles. The van der Waals surface area contributed by atoms with Gasteiger partial charge in [-0.2, -0.15) is 0 Å². The van der Waals surface area contributed by atoms with Gasteiger partial charge in [-0.25, -0.2) is 0 Å². The molecule has 4 nitrogen and oxygen atoms in total. The van der Waals surface area contributed by atoms with Crippen LogP contribution in [-0.2, 0) is 12.5 Å². The van der Waals surface area contributed by atoms with E-state index >= 15 is 0 Å². The molecule has 0 atom stereocenters. The normalized spacial score (nSPS) is 10.4. The van der Waals surface area contributed by atoms with Gasteiger partial charge < -0.3 is 9.15 Å². The van der Waals surface area contributed by atoms with Crippen LogP contribution in [-0.4, -0.2) is 10.2 Å². The summed E-state index contributed by atoms with van der Waals surface area (Å²) in [6, 6.07) is 7.55. The van der Waals surface area contributed by atoms with Crippen LogP contribution in [0.4, 0.5) is 0 Å². The van der Waals surface area contributed by atoms with Crippen molar-refractivity contribution in [1.82, 2.24) is 10.2 Å². The molecule has 6 heteroatoms. The highest BCUT2D eigenvalue weighted by molar-refractivity contribution is 9.10. The lowest BCUT2D eigenvalue weighted by atomic mass is 10.3. The van der Waals surface area contributed by atoms with E-state index in [0.717, 1.165) is 10.2 Å². The van der Waals surface area contributed by atoms with Crippen LogP contribution in [0.5, 0.6) is 5.75 Å². The van der Waals surface area contributed by atoms with Crippen molar-refractivity contribution in [3.05, 3.63) is 40.5 Å². The summed E-state index contributed by atoms with van der Waals surface area (Å²) in [5, 5.41) is 7.52. The molecule has 0 aliphatic rings. The Hall–Kier alpha value is -1.07. The highest BCUT2D eigenvalue weighted by Gasteiger charge is 2.06. The summed E-state index contributed by atoms with van der Waals surface area (Å²) in [5.74, 6) is 1.74. The van der Waals surface area contributed by atoms with Crippen LogP contribution in [0.3, 0.4) is 0 Å². The van der Waals surface area contributed by atoms with E-state index in [4.69, 9.17) is 20.8 Å². The van der Waals surface area contributed by atoms with Crippen LogP contribution < -0.4 is 4.74 Å². The van der Waals surface area contributed by atoms with E-state index in [1.807, 2.05) is 24.3 Å². The monoisotopic (exact) mass is 302 g/mol. The van der Waals surface area contributed by atoms with Gasteiger partial charge in [0.25, 0.3) is 5.89 Å². The van der Waals surface area contributed by atoms with E-state index in [1.54, 1.807) is 0 Å².